The molecule has 0 atom stereocenters. The van der Waals surface area contributed by atoms with Gasteiger partial charge in [-0.3, -0.25) is 9.78 Å². The Balaban J connectivity index is 1.55. The van der Waals surface area contributed by atoms with Gasteiger partial charge in [-0.05, 0) is 66.2 Å². The van der Waals surface area contributed by atoms with E-state index in [0.717, 1.165) is 11.3 Å². The van der Waals surface area contributed by atoms with E-state index in [-0.39, 0.29) is 5.91 Å². The minimum Gasteiger partial charge on any atom is -0.423 e. The van der Waals surface area contributed by atoms with Crippen LogP contribution < -0.4 is 15.1 Å². The van der Waals surface area contributed by atoms with Crippen LogP contribution in [0.2, 0.25) is 0 Å². The molecule has 1 amide bonds. The van der Waals surface area contributed by atoms with E-state index in [4.69, 9.17) is 4.74 Å². The molecule has 7 nitrogen and oxygen atoms in total. The average molecular weight is 388 g/mol. The molecule has 0 saturated heterocycles. The van der Waals surface area contributed by atoms with E-state index < -0.39 is 5.97 Å². The van der Waals surface area contributed by atoms with Gasteiger partial charge in [0.05, 0.1) is 17.3 Å². The van der Waals surface area contributed by atoms with E-state index in [1.54, 1.807) is 54.7 Å². The monoisotopic (exact) mass is 388 g/mol. The summed E-state index contributed by atoms with van der Waals surface area (Å²) in [5.41, 5.74) is 5.07. The lowest BCUT2D eigenvalue weighted by Crippen LogP contribution is -2.17. The molecule has 3 aromatic rings. The maximum Gasteiger partial charge on any atom is 0.343 e. The third-order valence-electron chi connectivity index (χ3n) is 4.01. The highest BCUT2D eigenvalue weighted by Gasteiger charge is 2.09. The second-order valence-corrected chi connectivity index (χ2v) is 6.34. The van der Waals surface area contributed by atoms with Crippen LogP contribution in [0.5, 0.6) is 5.75 Å². The molecule has 1 N–H and O–H groups in total. The van der Waals surface area contributed by atoms with Crippen molar-refractivity contribution in [2.75, 3.05) is 19.0 Å². The summed E-state index contributed by atoms with van der Waals surface area (Å²) in [6.07, 6.45) is 4.55. The fourth-order valence-electron chi connectivity index (χ4n) is 2.41. The number of hydrogen-bond donors (Lipinski definition) is 1. The van der Waals surface area contributed by atoms with Gasteiger partial charge in [-0.1, -0.05) is 0 Å². The van der Waals surface area contributed by atoms with Crippen molar-refractivity contribution < 1.29 is 14.3 Å². The molecule has 0 aliphatic carbocycles. The first-order chi connectivity index (χ1) is 14.0. The molecule has 0 fully saturated rings. The van der Waals surface area contributed by atoms with E-state index in [9.17, 15) is 9.59 Å². The number of ether oxygens (including phenoxy) is 1. The predicted octanol–water partition coefficient (Wildman–Crippen LogP) is 3.13. The average Bonchev–Trinajstić information content (AvgIpc) is 2.75. The number of nitrogens with zero attached hydrogens (tertiary/aromatic N) is 3. The van der Waals surface area contributed by atoms with Crippen LogP contribution in [0.4, 0.5) is 5.69 Å². The summed E-state index contributed by atoms with van der Waals surface area (Å²) in [4.78, 5) is 30.0. The van der Waals surface area contributed by atoms with E-state index in [1.165, 1.54) is 12.4 Å². The molecule has 1 heterocycles. The van der Waals surface area contributed by atoms with Crippen LogP contribution in [0.1, 0.15) is 26.3 Å². The molecule has 0 spiro atoms. The first-order valence-corrected chi connectivity index (χ1v) is 8.86. The number of esters is 1. The molecule has 3 rings (SSSR count). The molecule has 0 bridgehead atoms. The smallest absolute Gasteiger partial charge is 0.343 e. The normalized spacial score (nSPS) is 10.6. The number of benzene rings is 2. The summed E-state index contributed by atoms with van der Waals surface area (Å²) in [6.45, 7) is 0. The molecule has 1 aromatic heterocycles. The molecule has 0 aliphatic heterocycles. The zero-order valence-electron chi connectivity index (χ0n) is 16.1. The van der Waals surface area contributed by atoms with Crippen molar-refractivity contribution in [3.63, 3.8) is 0 Å². The van der Waals surface area contributed by atoms with Gasteiger partial charge in [0.25, 0.3) is 5.91 Å². The van der Waals surface area contributed by atoms with Gasteiger partial charge in [-0.25, -0.2) is 10.2 Å². The van der Waals surface area contributed by atoms with Crippen molar-refractivity contribution >= 4 is 23.8 Å². The molecule has 7 heteroatoms. The molecule has 0 radical (unpaired) electrons. The zero-order valence-corrected chi connectivity index (χ0v) is 16.1. The summed E-state index contributed by atoms with van der Waals surface area (Å²) >= 11 is 0. The number of anilines is 1. The highest BCUT2D eigenvalue weighted by molar-refractivity contribution is 5.94. The summed E-state index contributed by atoms with van der Waals surface area (Å²) in [5, 5.41) is 3.91. The van der Waals surface area contributed by atoms with Gasteiger partial charge in [0.15, 0.2) is 0 Å². The first kappa shape index (κ1) is 19.8. The van der Waals surface area contributed by atoms with Gasteiger partial charge in [0.1, 0.15) is 5.75 Å². The second-order valence-electron chi connectivity index (χ2n) is 6.34. The topological polar surface area (TPSA) is 83.9 Å². The highest BCUT2D eigenvalue weighted by Crippen LogP contribution is 2.16. The molecule has 0 saturated carbocycles. The number of hydrogen-bond acceptors (Lipinski definition) is 6. The highest BCUT2D eigenvalue weighted by atomic mass is 16.5. The molecule has 0 unspecified atom stereocenters. The number of nitrogens with one attached hydrogen (secondary N) is 1. The summed E-state index contributed by atoms with van der Waals surface area (Å²) in [7, 11) is 3.87. The van der Waals surface area contributed by atoms with Crippen LogP contribution in [0, 0.1) is 0 Å². The Hall–Kier alpha value is -4.00. The maximum atomic E-state index is 12.2. The number of rotatable bonds is 6. The van der Waals surface area contributed by atoms with Crippen molar-refractivity contribution in [2.24, 2.45) is 5.10 Å². The van der Waals surface area contributed by atoms with Crippen molar-refractivity contribution in [1.82, 2.24) is 10.4 Å². The van der Waals surface area contributed by atoms with Crippen LogP contribution in [0.3, 0.4) is 0 Å². The SMILES string of the molecule is CN(C)c1ccc(C(=O)Oc2ccc(C=NNC(=O)c3cccnc3)cc2)cc1. The lowest BCUT2D eigenvalue weighted by atomic mass is 10.2. The van der Waals surface area contributed by atoms with Crippen molar-refractivity contribution in [3.05, 3.63) is 89.7 Å². The van der Waals surface area contributed by atoms with E-state index in [2.05, 4.69) is 15.5 Å². The molecular weight excluding hydrogens is 368 g/mol. The van der Waals surface area contributed by atoms with E-state index >= 15 is 0 Å². The molecule has 2 aromatic carbocycles. The molecule has 29 heavy (non-hydrogen) atoms. The Morgan fingerprint density at radius 1 is 1.00 bits per heavy atom. The van der Waals surface area contributed by atoms with E-state index in [0.29, 0.717) is 16.9 Å². The Bertz CT molecular complexity index is 998. The number of aromatic nitrogens is 1. The van der Waals surface area contributed by atoms with Crippen LogP contribution >= 0.6 is 0 Å². The molecular formula is C22H20N4O3. The lowest BCUT2D eigenvalue weighted by Gasteiger charge is -2.12. The van der Waals surface area contributed by atoms with Crippen LogP contribution in [-0.2, 0) is 0 Å². The van der Waals surface area contributed by atoms with Crippen LogP contribution in [0.15, 0.2) is 78.2 Å². The number of pyridine rings is 1. The quantitative estimate of drug-likeness (QED) is 0.304. The molecule has 146 valence electrons. The Morgan fingerprint density at radius 2 is 1.72 bits per heavy atom. The fraction of sp³-hybridized carbons (Fsp3) is 0.0909. The van der Waals surface area contributed by atoms with Gasteiger partial charge in [0, 0.05) is 32.2 Å². The van der Waals surface area contributed by atoms with E-state index in [1.807, 2.05) is 31.1 Å². The zero-order chi connectivity index (χ0) is 20.6. The molecule has 0 aliphatic rings. The minimum atomic E-state index is -0.430. The van der Waals surface area contributed by atoms with Crippen molar-refractivity contribution in [1.29, 1.82) is 0 Å². The van der Waals surface area contributed by atoms with Crippen LogP contribution in [-0.4, -0.2) is 37.2 Å². The maximum absolute atomic E-state index is 12.2. The van der Waals surface area contributed by atoms with Crippen molar-refractivity contribution in [2.45, 2.75) is 0 Å². The third kappa shape index (κ3) is 5.49. The van der Waals surface area contributed by atoms with Gasteiger partial charge in [-0.2, -0.15) is 5.10 Å². The van der Waals surface area contributed by atoms with Crippen LogP contribution in [0.25, 0.3) is 0 Å². The van der Waals surface area contributed by atoms with Gasteiger partial charge in [0.2, 0.25) is 0 Å². The summed E-state index contributed by atoms with van der Waals surface area (Å²) < 4.78 is 5.38. The number of hydrazone groups is 1. The first-order valence-electron chi connectivity index (χ1n) is 8.86. The van der Waals surface area contributed by atoms with Gasteiger partial charge in [-0.15, -0.1) is 0 Å². The Labute approximate surface area is 168 Å². The largest absolute Gasteiger partial charge is 0.423 e. The van der Waals surface area contributed by atoms with Crippen molar-refractivity contribution in [3.8, 4) is 5.75 Å². The number of amides is 1. The standard InChI is InChI=1S/C22H20N4O3/c1-26(2)19-9-7-17(8-10-19)22(28)29-20-11-5-16(6-12-20)14-24-25-21(27)18-4-3-13-23-15-18/h3-15H,1-2H3,(H,25,27). The van der Waals surface area contributed by atoms with Gasteiger partial charge < -0.3 is 9.64 Å². The lowest BCUT2D eigenvalue weighted by molar-refractivity contribution is 0.0734. The number of carbonyl (C=O) groups is 2. The third-order valence-corrected chi connectivity index (χ3v) is 4.01. The Morgan fingerprint density at radius 3 is 2.34 bits per heavy atom. The minimum absolute atomic E-state index is 0.347. The Kier molecular flexibility index (Phi) is 6.32. The summed E-state index contributed by atoms with van der Waals surface area (Å²) in [5.74, 6) is -0.358. The predicted molar refractivity (Wildman–Crippen MR) is 111 cm³/mol. The second kappa shape index (κ2) is 9.27. The fourth-order valence-corrected chi connectivity index (χ4v) is 2.41. The summed E-state index contributed by atoms with van der Waals surface area (Å²) in [6, 6.07) is 17.3. The van der Waals surface area contributed by atoms with Gasteiger partial charge >= 0.3 is 5.97 Å². The number of carbonyl (C=O) groups excluding carboxylic acids is 2.